The second-order valence-electron chi connectivity index (χ2n) is 5.60. The Kier molecular flexibility index (Phi) is 2.97. The largest absolute Gasteiger partial charge is 0.382 e. The third-order valence-corrected chi connectivity index (χ3v) is 4.27. The van der Waals surface area contributed by atoms with Crippen LogP contribution in [0.5, 0.6) is 0 Å². The molecule has 1 aromatic rings. The van der Waals surface area contributed by atoms with Gasteiger partial charge in [0.15, 0.2) is 0 Å². The number of aromatic nitrogens is 2. The first-order valence-electron chi connectivity index (χ1n) is 6.83. The van der Waals surface area contributed by atoms with E-state index in [0.29, 0.717) is 17.8 Å². The van der Waals surface area contributed by atoms with Gasteiger partial charge in [-0.2, -0.15) is 5.10 Å². The van der Waals surface area contributed by atoms with Crippen LogP contribution in [0.3, 0.4) is 0 Å². The third kappa shape index (κ3) is 2.21. The van der Waals surface area contributed by atoms with Crippen molar-refractivity contribution in [3.8, 4) is 0 Å². The lowest BCUT2D eigenvalue weighted by molar-refractivity contribution is -0.126. The Morgan fingerprint density at radius 2 is 2.11 bits per heavy atom. The summed E-state index contributed by atoms with van der Waals surface area (Å²) in [5.41, 5.74) is 6.68. The zero-order valence-electron chi connectivity index (χ0n) is 10.5. The topological polar surface area (TPSA) is 83.8 Å². The van der Waals surface area contributed by atoms with Crippen LogP contribution in [-0.4, -0.2) is 22.1 Å². The summed E-state index contributed by atoms with van der Waals surface area (Å²) in [6, 6.07) is 2.23. The van der Waals surface area contributed by atoms with Gasteiger partial charge < -0.3 is 11.1 Å². The first-order chi connectivity index (χ1) is 8.72. The molecule has 98 valence electrons. The van der Waals surface area contributed by atoms with Crippen molar-refractivity contribution in [3.05, 3.63) is 11.8 Å². The Labute approximate surface area is 107 Å². The summed E-state index contributed by atoms with van der Waals surface area (Å²) < 4.78 is 0. The molecular formula is C13H20N4O. The van der Waals surface area contributed by atoms with E-state index in [1.807, 2.05) is 6.07 Å². The Morgan fingerprint density at radius 1 is 1.39 bits per heavy atom. The fourth-order valence-corrected chi connectivity index (χ4v) is 3.06. The normalized spacial score (nSPS) is 28.0. The number of rotatable bonds is 3. The summed E-state index contributed by atoms with van der Waals surface area (Å²) in [4.78, 5) is 11.9. The van der Waals surface area contributed by atoms with Gasteiger partial charge >= 0.3 is 0 Å². The van der Waals surface area contributed by atoms with Crippen molar-refractivity contribution in [3.63, 3.8) is 0 Å². The van der Waals surface area contributed by atoms with Gasteiger partial charge in [0.05, 0.1) is 0 Å². The van der Waals surface area contributed by atoms with E-state index in [2.05, 4.69) is 15.5 Å². The lowest BCUT2D eigenvalue weighted by Gasteiger charge is -2.35. The summed E-state index contributed by atoms with van der Waals surface area (Å²) in [6.07, 6.45) is 6.55. The quantitative estimate of drug-likeness (QED) is 0.758. The van der Waals surface area contributed by atoms with Crippen LogP contribution in [0.4, 0.5) is 5.82 Å². The number of nitrogens with one attached hydrogen (secondary N) is 2. The average molecular weight is 248 g/mol. The number of carbonyl (C=O) groups excluding carboxylic acids is 1. The van der Waals surface area contributed by atoms with E-state index in [1.165, 1.54) is 12.8 Å². The predicted molar refractivity (Wildman–Crippen MR) is 68.9 cm³/mol. The van der Waals surface area contributed by atoms with Crippen LogP contribution in [0.25, 0.3) is 0 Å². The molecule has 0 spiro atoms. The van der Waals surface area contributed by atoms with Crippen LogP contribution in [0.2, 0.25) is 0 Å². The summed E-state index contributed by atoms with van der Waals surface area (Å²) in [6.45, 7) is 0. The second kappa shape index (κ2) is 4.63. The maximum Gasteiger partial charge on any atom is 0.223 e. The fraction of sp³-hybridized carbons (Fsp3) is 0.692. The van der Waals surface area contributed by atoms with Gasteiger partial charge in [0.1, 0.15) is 5.82 Å². The highest BCUT2D eigenvalue weighted by atomic mass is 16.1. The van der Waals surface area contributed by atoms with Crippen molar-refractivity contribution >= 4 is 11.7 Å². The monoisotopic (exact) mass is 248 g/mol. The van der Waals surface area contributed by atoms with Gasteiger partial charge in [-0.1, -0.05) is 12.8 Å². The number of nitrogens with zero attached hydrogens (tertiary/aromatic N) is 1. The molecule has 2 saturated carbocycles. The number of aromatic amines is 1. The lowest BCUT2D eigenvalue weighted by atomic mass is 9.78. The van der Waals surface area contributed by atoms with Crippen LogP contribution in [0, 0.1) is 5.92 Å². The standard InChI is InChI=1S/C13H20N4O/c14-12-7-11(16-17-12)9-5-10(6-9)15-13(18)8-3-1-2-4-8/h7-10H,1-6H2,(H,15,18)(H3,14,16,17). The molecule has 4 N–H and O–H groups in total. The highest BCUT2D eigenvalue weighted by Crippen LogP contribution is 2.37. The Bertz CT molecular complexity index is 430. The smallest absolute Gasteiger partial charge is 0.223 e. The van der Waals surface area contributed by atoms with E-state index in [9.17, 15) is 4.79 Å². The van der Waals surface area contributed by atoms with Crippen molar-refractivity contribution in [1.29, 1.82) is 0 Å². The van der Waals surface area contributed by atoms with Gasteiger partial charge in [-0.05, 0) is 25.7 Å². The molecular weight excluding hydrogens is 228 g/mol. The van der Waals surface area contributed by atoms with Gasteiger partial charge in [0.2, 0.25) is 5.91 Å². The molecule has 0 radical (unpaired) electrons. The van der Waals surface area contributed by atoms with Crippen molar-refractivity contribution in [2.24, 2.45) is 5.92 Å². The molecule has 2 aliphatic rings. The molecule has 0 aliphatic heterocycles. The van der Waals surface area contributed by atoms with Crippen LogP contribution < -0.4 is 11.1 Å². The molecule has 1 aromatic heterocycles. The SMILES string of the molecule is Nc1cc(C2CC(NC(=O)C3CCCC3)C2)[nH]n1. The van der Waals surface area contributed by atoms with E-state index in [0.717, 1.165) is 31.4 Å². The molecule has 3 rings (SSSR count). The van der Waals surface area contributed by atoms with E-state index < -0.39 is 0 Å². The minimum Gasteiger partial charge on any atom is -0.382 e. The van der Waals surface area contributed by atoms with E-state index in [-0.39, 0.29) is 11.8 Å². The van der Waals surface area contributed by atoms with Crippen LogP contribution >= 0.6 is 0 Å². The van der Waals surface area contributed by atoms with Gasteiger partial charge in [-0.15, -0.1) is 0 Å². The highest BCUT2D eigenvalue weighted by Gasteiger charge is 2.34. The Balaban J connectivity index is 1.46. The number of hydrogen-bond donors (Lipinski definition) is 3. The van der Waals surface area contributed by atoms with E-state index >= 15 is 0 Å². The zero-order chi connectivity index (χ0) is 12.5. The predicted octanol–water partition coefficient (Wildman–Crippen LogP) is 1.54. The number of amides is 1. The molecule has 5 heteroatoms. The molecule has 0 unspecified atom stereocenters. The summed E-state index contributed by atoms with van der Waals surface area (Å²) in [5.74, 6) is 1.55. The van der Waals surface area contributed by atoms with Crippen molar-refractivity contribution in [1.82, 2.24) is 15.5 Å². The molecule has 2 fully saturated rings. The molecule has 0 aromatic carbocycles. The minimum atomic E-state index is 0.264. The first kappa shape index (κ1) is 11.6. The lowest BCUT2D eigenvalue weighted by Crippen LogP contribution is -2.45. The van der Waals surface area contributed by atoms with Crippen molar-refractivity contribution < 1.29 is 4.79 Å². The van der Waals surface area contributed by atoms with Crippen molar-refractivity contribution in [2.75, 3.05) is 5.73 Å². The summed E-state index contributed by atoms with van der Waals surface area (Å²) >= 11 is 0. The van der Waals surface area contributed by atoms with Gasteiger partial charge in [0.25, 0.3) is 0 Å². The maximum absolute atomic E-state index is 11.9. The first-order valence-corrected chi connectivity index (χ1v) is 6.83. The summed E-state index contributed by atoms with van der Waals surface area (Å²) in [5, 5.41) is 10.0. The number of H-pyrrole nitrogens is 1. The fourth-order valence-electron chi connectivity index (χ4n) is 3.06. The van der Waals surface area contributed by atoms with Gasteiger partial charge in [-0.25, -0.2) is 0 Å². The Morgan fingerprint density at radius 3 is 2.72 bits per heavy atom. The zero-order valence-corrected chi connectivity index (χ0v) is 10.5. The third-order valence-electron chi connectivity index (χ3n) is 4.27. The average Bonchev–Trinajstić information content (AvgIpc) is 2.93. The molecule has 5 nitrogen and oxygen atoms in total. The molecule has 1 heterocycles. The summed E-state index contributed by atoms with van der Waals surface area (Å²) in [7, 11) is 0. The molecule has 0 bridgehead atoms. The number of anilines is 1. The maximum atomic E-state index is 11.9. The van der Waals surface area contributed by atoms with Crippen LogP contribution in [0.15, 0.2) is 6.07 Å². The van der Waals surface area contributed by atoms with Crippen molar-refractivity contribution in [2.45, 2.75) is 50.5 Å². The van der Waals surface area contributed by atoms with Crippen LogP contribution in [-0.2, 0) is 4.79 Å². The molecule has 1 amide bonds. The minimum absolute atomic E-state index is 0.264. The molecule has 2 aliphatic carbocycles. The second-order valence-corrected chi connectivity index (χ2v) is 5.60. The molecule has 0 atom stereocenters. The number of carbonyl (C=O) groups is 1. The van der Waals surface area contributed by atoms with Gasteiger partial charge in [0, 0.05) is 29.6 Å². The number of nitrogen functional groups attached to an aromatic ring is 1. The van der Waals surface area contributed by atoms with Gasteiger partial charge in [-0.3, -0.25) is 9.89 Å². The van der Waals surface area contributed by atoms with Crippen LogP contribution in [0.1, 0.15) is 50.1 Å². The molecule has 18 heavy (non-hydrogen) atoms. The number of nitrogens with two attached hydrogens (primary N) is 1. The van der Waals surface area contributed by atoms with E-state index in [1.54, 1.807) is 0 Å². The number of hydrogen-bond acceptors (Lipinski definition) is 3. The molecule has 0 saturated heterocycles. The van der Waals surface area contributed by atoms with E-state index in [4.69, 9.17) is 5.73 Å². The highest BCUT2D eigenvalue weighted by molar-refractivity contribution is 5.79. The Hall–Kier alpha value is -1.52.